The molecule has 4 heteroatoms. The summed E-state index contributed by atoms with van der Waals surface area (Å²) >= 11 is 0. The van der Waals surface area contributed by atoms with Gasteiger partial charge < -0.3 is 15.0 Å². The molecule has 1 aromatic carbocycles. The van der Waals surface area contributed by atoms with E-state index in [1.165, 1.54) is 6.42 Å². The Kier molecular flexibility index (Phi) is 2.73. The Hall–Kier alpha value is -1.55. The monoisotopic (exact) mass is 231 g/mol. The zero-order valence-corrected chi connectivity index (χ0v) is 9.80. The van der Waals surface area contributed by atoms with Gasteiger partial charge in [-0.2, -0.15) is 0 Å². The third-order valence-electron chi connectivity index (χ3n) is 3.45. The zero-order valence-electron chi connectivity index (χ0n) is 9.80. The van der Waals surface area contributed by atoms with Crippen LogP contribution in [0.2, 0.25) is 0 Å². The fraction of sp³-hybridized carbons (Fsp3) is 0.462. The second-order valence-corrected chi connectivity index (χ2v) is 4.70. The van der Waals surface area contributed by atoms with E-state index in [1.54, 1.807) is 0 Å². The molecule has 1 fully saturated rings. The number of hydrogen-bond donors (Lipinski definition) is 1. The normalized spacial score (nSPS) is 20.1. The number of nitrogens with two attached hydrogens (primary N) is 1. The van der Waals surface area contributed by atoms with Crippen molar-refractivity contribution in [1.82, 2.24) is 9.55 Å². The van der Waals surface area contributed by atoms with E-state index in [1.807, 2.05) is 24.5 Å². The van der Waals surface area contributed by atoms with Crippen LogP contribution in [0.25, 0.3) is 11.0 Å². The van der Waals surface area contributed by atoms with Crippen molar-refractivity contribution in [3.8, 4) is 0 Å². The molecule has 0 amide bonds. The molecule has 0 bridgehead atoms. The van der Waals surface area contributed by atoms with Gasteiger partial charge in [0.05, 0.1) is 17.4 Å². The molecule has 1 aliphatic heterocycles. The number of nitrogen functional groups attached to an aromatic ring is 1. The first-order chi connectivity index (χ1) is 8.33. The van der Waals surface area contributed by atoms with E-state index in [-0.39, 0.29) is 0 Å². The molecule has 2 heterocycles. The van der Waals surface area contributed by atoms with Crippen LogP contribution in [0, 0.1) is 5.92 Å². The van der Waals surface area contributed by atoms with E-state index >= 15 is 0 Å². The second-order valence-electron chi connectivity index (χ2n) is 4.70. The molecule has 4 nitrogen and oxygen atoms in total. The van der Waals surface area contributed by atoms with Gasteiger partial charge in [0.15, 0.2) is 0 Å². The number of rotatable bonds is 3. The van der Waals surface area contributed by atoms with Crippen LogP contribution in [0.5, 0.6) is 0 Å². The summed E-state index contributed by atoms with van der Waals surface area (Å²) in [5.41, 5.74) is 8.66. The fourth-order valence-electron chi connectivity index (χ4n) is 2.39. The van der Waals surface area contributed by atoms with Crippen molar-refractivity contribution >= 4 is 16.7 Å². The van der Waals surface area contributed by atoms with E-state index in [2.05, 4.69) is 9.55 Å². The maximum absolute atomic E-state index is 5.74. The van der Waals surface area contributed by atoms with Crippen LogP contribution in [-0.4, -0.2) is 22.8 Å². The molecule has 1 unspecified atom stereocenters. The topological polar surface area (TPSA) is 53.1 Å². The Morgan fingerprint density at radius 2 is 2.41 bits per heavy atom. The lowest BCUT2D eigenvalue weighted by Crippen LogP contribution is -2.05. The first kappa shape index (κ1) is 10.6. The molecule has 2 N–H and O–H groups in total. The zero-order chi connectivity index (χ0) is 11.7. The van der Waals surface area contributed by atoms with Crippen LogP contribution in [-0.2, 0) is 11.3 Å². The van der Waals surface area contributed by atoms with Gasteiger partial charge in [-0.25, -0.2) is 4.98 Å². The summed E-state index contributed by atoms with van der Waals surface area (Å²) in [6.07, 6.45) is 4.26. The van der Waals surface area contributed by atoms with Gasteiger partial charge in [0.1, 0.15) is 0 Å². The summed E-state index contributed by atoms with van der Waals surface area (Å²) in [6, 6.07) is 5.90. The lowest BCUT2D eigenvalue weighted by atomic mass is 10.1. The largest absolute Gasteiger partial charge is 0.399 e. The molecule has 0 saturated carbocycles. The Bertz CT molecular complexity index is 514. The number of fused-ring (bicyclic) bond motifs is 1. The number of benzene rings is 1. The highest BCUT2D eigenvalue weighted by atomic mass is 16.5. The van der Waals surface area contributed by atoms with Gasteiger partial charge >= 0.3 is 0 Å². The van der Waals surface area contributed by atoms with Gasteiger partial charge in [0.25, 0.3) is 0 Å². The second kappa shape index (κ2) is 4.37. The molecule has 1 saturated heterocycles. The lowest BCUT2D eigenvalue weighted by Gasteiger charge is -2.08. The van der Waals surface area contributed by atoms with Crippen molar-refractivity contribution < 1.29 is 4.74 Å². The van der Waals surface area contributed by atoms with Crippen LogP contribution in [0.1, 0.15) is 12.8 Å². The van der Waals surface area contributed by atoms with E-state index in [0.717, 1.165) is 42.9 Å². The van der Waals surface area contributed by atoms with Crippen molar-refractivity contribution in [2.45, 2.75) is 19.4 Å². The number of aromatic nitrogens is 2. The van der Waals surface area contributed by atoms with Crippen LogP contribution < -0.4 is 5.73 Å². The Morgan fingerprint density at radius 1 is 1.47 bits per heavy atom. The third-order valence-corrected chi connectivity index (χ3v) is 3.45. The number of imidazole rings is 1. The van der Waals surface area contributed by atoms with Crippen molar-refractivity contribution in [2.75, 3.05) is 18.9 Å². The average molecular weight is 231 g/mol. The van der Waals surface area contributed by atoms with Crippen molar-refractivity contribution in [3.63, 3.8) is 0 Å². The summed E-state index contributed by atoms with van der Waals surface area (Å²) in [6.45, 7) is 2.85. The average Bonchev–Trinajstić information content (AvgIpc) is 2.94. The maximum Gasteiger partial charge on any atom is 0.0958 e. The summed E-state index contributed by atoms with van der Waals surface area (Å²) in [7, 11) is 0. The van der Waals surface area contributed by atoms with Gasteiger partial charge in [0, 0.05) is 25.4 Å². The summed E-state index contributed by atoms with van der Waals surface area (Å²) in [4.78, 5) is 4.38. The smallest absolute Gasteiger partial charge is 0.0958 e. The Morgan fingerprint density at radius 3 is 3.24 bits per heavy atom. The molecule has 2 aromatic rings. The highest BCUT2D eigenvalue weighted by Crippen LogP contribution is 2.20. The molecule has 17 heavy (non-hydrogen) atoms. The van der Waals surface area contributed by atoms with Gasteiger partial charge in [-0.15, -0.1) is 0 Å². The summed E-state index contributed by atoms with van der Waals surface area (Å²) in [5.74, 6) is 0.709. The molecule has 1 aromatic heterocycles. The SMILES string of the molecule is Nc1ccc2c(c1)ncn2CCC1CCOC1. The minimum atomic E-state index is 0.709. The molecule has 0 aliphatic carbocycles. The number of nitrogens with zero attached hydrogens (tertiary/aromatic N) is 2. The van der Waals surface area contributed by atoms with Gasteiger partial charge in [-0.05, 0) is 37.0 Å². The molecule has 3 rings (SSSR count). The standard InChI is InChI=1S/C13H17N3O/c14-11-1-2-13-12(7-11)15-9-16(13)5-3-10-4-6-17-8-10/h1-2,7,9-10H,3-6,8,14H2. The van der Waals surface area contributed by atoms with Crippen LogP contribution in [0.15, 0.2) is 24.5 Å². The fourth-order valence-corrected chi connectivity index (χ4v) is 2.39. The van der Waals surface area contributed by atoms with Gasteiger partial charge in [-0.3, -0.25) is 0 Å². The van der Waals surface area contributed by atoms with Crippen molar-refractivity contribution in [3.05, 3.63) is 24.5 Å². The van der Waals surface area contributed by atoms with E-state index in [4.69, 9.17) is 10.5 Å². The predicted molar refractivity (Wildman–Crippen MR) is 67.7 cm³/mol. The van der Waals surface area contributed by atoms with Crippen molar-refractivity contribution in [2.24, 2.45) is 5.92 Å². The minimum Gasteiger partial charge on any atom is -0.399 e. The van der Waals surface area contributed by atoms with E-state index < -0.39 is 0 Å². The minimum absolute atomic E-state index is 0.709. The molecule has 0 spiro atoms. The summed E-state index contributed by atoms with van der Waals surface area (Å²) in [5, 5.41) is 0. The summed E-state index contributed by atoms with van der Waals surface area (Å²) < 4.78 is 7.59. The maximum atomic E-state index is 5.74. The number of aryl methyl sites for hydroxylation is 1. The number of ether oxygens (including phenoxy) is 1. The molecule has 0 radical (unpaired) electrons. The van der Waals surface area contributed by atoms with Gasteiger partial charge in [-0.1, -0.05) is 0 Å². The molecular weight excluding hydrogens is 214 g/mol. The van der Waals surface area contributed by atoms with Crippen molar-refractivity contribution in [1.29, 1.82) is 0 Å². The van der Waals surface area contributed by atoms with E-state index in [9.17, 15) is 0 Å². The molecule has 1 aliphatic rings. The number of hydrogen-bond acceptors (Lipinski definition) is 3. The Labute approximate surface area is 100 Å². The first-order valence-electron chi connectivity index (χ1n) is 6.11. The van der Waals surface area contributed by atoms with E-state index in [0.29, 0.717) is 5.92 Å². The highest BCUT2D eigenvalue weighted by Gasteiger charge is 2.15. The van der Waals surface area contributed by atoms with Crippen LogP contribution in [0.4, 0.5) is 5.69 Å². The first-order valence-corrected chi connectivity index (χ1v) is 6.11. The van der Waals surface area contributed by atoms with Crippen LogP contribution in [0.3, 0.4) is 0 Å². The molecule has 90 valence electrons. The Balaban J connectivity index is 1.76. The quantitative estimate of drug-likeness (QED) is 0.822. The molecule has 1 atom stereocenters. The highest BCUT2D eigenvalue weighted by molar-refractivity contribution is 5.78. The number of anilines is 1. The lowest BCUT2D eigenvalue weighted by molar-refractivity contribution is 0.183. The van der Waals surface area contributed by atoms with Crippen LogP contribution >= 0.6 is 0 Å². The predicted octanol–water partition coefficient (Wildman–Crippen LogP) is 2.05. The molecular formula is C13H17N3O. The van der Waals surface area contributed by atoms with Gasteiger partial charge in [0.2, 0.25) is 0 Å². The third kappa shape index (κ3) is 2.13.